The second kappa shape index (κ2) is 7.71. The number of carbonyl (C=O) groups excluding carboxylic acids is 1. The van der Waals surface area contributed by atoms with Crippen molar-refractivity contribution in [1.29, 1.82) is 0 Å². The first-order valence-corrected chi connectivity index (χ1v) is 9.42. The molecule has 0 aliphatic rings. The van der Waals surface area contributed by atoms with Crippen LogP contribution in [0.2, 0.25) is 0 Å². The van der Waals surface area contributed by atoms with Gasteiger partial charge in [0, 0.05) is 35.4 Å². The molecular formula is C24H19F3N2O. The fraction of sp³-hybridized carbons (Fsp3) is 0.125. The largest absolute Gasteiger partial charge is 0.416 e. The van der Waals surface area contributed by atoms with Gasteiger partial charge in [-0.3, -0.25) is 4.79 Å². The first-order valence-electron chi connectivity index (χ1n) is 9.42. The van der Waals surface area contributed by atoms with Gasteiger partial charge in [-0.1, -0.05) is 48.5 Å². The maximum absolute atomic E-state index is 13.5. The summed E-state index contributed by atoms with van der Waals surface area (Å²) in [5.41, 5.74) is 2.10. The van der Waals surface area contributed by atoms with Crippen LogP contribution in [0.5, 0.6) is 0 Å². The number of nitrogens with one attached hydrogen (secondary N) is 1. The van der Waals surface area contributed by atoms with E-state index < -0.39 is 11.7 Å². The summed E-state index contributed by atoms with van der Waals surface area (Å²) in [6.07, 6.45) is -2.64. The molecular weight excluding hydrogens is 389 g/mol. The third kappa shape index (κ3) is 4.08. The summed E-state index contributed by atoms with van der Waals surface area (Å²) in [7, 11) is 1.85. The van der Waals surface area contributed by atoms with E-state index in [0.29, 0.717) is 11.1 Å². The number of alkyl halides is 3. The van der Waals surface area contributed by atoms with Crippen LogP contribution < -0.4 is 5.32 Å². The van der Waals surface area contributed by atoms with Crippen molar-refractivity contribution < 1.29 is 18.0 Å². The molecule has 1 heterocycles. The molecule has 0 aliphatic heterocycles. The van der Waals surface area contributed by atoms with Crippen molar-refractivity contribution in [3.05, 3.63) is 90.1 Å². The van der Waals surface area contributed by atoms with E-state index in [4.69, 9.17) is 0 Å². The van der Waals surface area contributed by atoms with Gasteiger partial charge in [0.25, 0.3) is 0 Å². The molecule has 0 atom stereocenters. The van der Waals surface area contributed by atoms with Crippen molar-refractivity contribution in [3.8, 4) is 11.1 Å². The Hall–Kier alpha value is -3.54. The minimum absolute atomic E-state index is 0.0840. The van der Waals surface area contributed by atoms with E-state index in [1.807, 2.05) is 54.1 Å². The third-order valence-corrected chi connectivity index (χ3v) is 4.96. The number of anilines is 1. The highest BCUT2D eigenvalue weighted by molar-refractivity contribution is 5.98. The molecule has 1 aromatic heterocycles. The molecule has 30 heavy (non-hydrogen) atoms. The Morgan fingerprint density at radius 1 is 0.967 bits per heavy atom. The average molecular weight is 408 g/mol. The molecule has 1 N–H and O–H groups in total. The summed E-state index contributed by atoms with van der Waals surface area (Å²) < 4.78 is 42.5. The molecule has 0 saturated carbocycles. The van der Waals surface area contributed by atoms with Gasteiger partial charge in [0.05, 0.1) is 12.0 Å². The van der Waals surface area contributed by atoms with Gasteiger partial charge in [0.2, 0.25) is 5.91 Å². The molecule has 4 rings (SSSR count). The number of benzene rings is 3. The monoisotopic (exact) mass is 408 g/mol. The number of hydrogen-bond donors (Lipinski definition) is 1. The second-order valence-electron chi connectivity index (χ2n) is 7.18. The van der Waals surface area contributed by atoms with E-state index in [2.05, 4.69) is 5.32 Å². The highest BCUT2D eigenvalue weighted by atomic mass is 19.4. The van der Waals surface area contributed by atoms with Crippen LogP contribution in [0.1, 0.15) is 11.1 Å². The molecule has 0 unspecified atom stereocenters. The maximum Gasteiger partial charge on any atom is 0.416 e. The quantitative estimate of drug-likeness (QED) is 0.439. The fourth-order valence-corrected chi connectivity index (χ4v) is 3.58. The first-order chi connectivity index (χ1) is 14.3. The number of aromatic nitrogens is 1. The lowest BCUT2D eigenvalue weighted by Crippen LogP contribution is -2.15. The lowest BCUT2D eigenvalue weighted by Gasteiger charge is -2.13. The second-order valence-corrected chi connectivity index (χ2v) is 7.18. The van der Waals surface area contributed by atoms with Crippen LogP contribution in [-0.2, 0) is 24.4 Å². The smallest absolute Gasteiger partial charge is 0.350 e. The number of carbonyl (C=O) groups is 1. The summed E-state index contributed by atoms with van der Waals surface area (Å²) in [6, 6.07) is 20.2. The molecule has 0 fully saturated rings. The van der Waals surface area contributed by atoms with Crippen molar-refractivity contribution in [2.45, 2.75) is 12.6 Å². The van der Waals surface area contributed by atoms with Gasteiger partial charge in [-0.25, -0.2) is 0 Å². The third-order valence-electron chi connectivity index (χ3n) is 4.96. The first kappa shape index (κ1) is 19.8. The van der Waals surface area contributed by atoms with E-state index in [9.17, 15) is 18.0 Å². The van der Waals surface area contributed by atoms with Crippen LogP contribution in [0, 0.1) is 0 Å². The molecule has 4 aromatic rings. The lowest BCUT2D eigenvalue weighted by molar-refractivity contribution is -0.137. The van der Waals surface area contributed by atoms with E-state index in [0.717, 1.165) is 28.6 Å². The van der Waals surface area contributed by atoms with Gasteiger partial charge >= 0.3 is 6.18 Å². The topological polar surface area (TPSA) is 34.0 Å². The molecule has 1 amide bonds. The van der Waals surface area contributed by atoms with Crippen LogP contribution in [-0.4, -0.2) is 10.5 Å². The SMILES string of the molecule is Cn1cc(-c2cc(NC(=O)Cc3ccccc3)cc(C(F)(F)F)c2)c2ccccc21. The average Bonchev–Trinajstić information content (AvgIpc) is 3.05. The van der Waals surface area contributed by atoms with Crippen LogP contribution in [0.25, 0.3) is 22.0 Å². The molecule has 3 aromatic carbocycles. The van der Waals surface area contributed by atoms with Crippen molar-refractivity contribution >= 4 is 22.5 Å². The van der Waals surface area contributed by atoms with Crippen molar-refractivity contribution in [2.75, 3.05) is 5.32 Å². The number of hydrogen-bond acceptors (Lipinski definition) is 1. The minimum Gasteiger partial charge on any atom is -0.350 e. The Morgan fingerprint density at radius 2 is 1.67 bits per heavy atom. The number of amides is 1. The standard InChI is InChI=1S/C24H19F3N2O/c1-29-15-21(20-9-5-6-10-22(20)29)17-12-18(24(25,26)27)14-19(13-17)28-23(30)11-16-7-3-2-4-8-16/h2-10,12-15H,11H2,1H3,(H,28,30). The van der Waals surface area contributed by atoms with E-state index in [-0.39, 0.29) is 18.0 Å². The Kier molecular flexibility index (Phi) is 5.08. The van der Waals surface area contributed by atoms with Gasteiger partial charge in [0.15, 0.2) is 0 Å². The van der Waals surface area contributed by atoms with Gasteiger partial charge < -0.3 is 9.88 Å². The number of halogens is 3. The van der Waals surface area contributed by atoms with Crippen molar-refractivity contribution in [3.63, 3.8) is 0 Å². The summed E-state index contributed by atoms with van der Waals surface area (Å²) >= 11 is 0. The van der Waals surface area contributed by atoms with Crippen LogP contribution >= 0.6 is 0 Å². The minimum atomic E-state index is -4.53. The van der Waals surface area contributed by atoms with Crippen LogP contribution in [0.3, 0.4) is 0 Å². The summed E-state index contributed by atoms with van der Waals surface area (Å²) in [6.45, 7) is 0. The number of rotatable bonds is 4. The molecule has 0 aliphatic carbocycles. The van der Waals surface area contributed by atoms with Crippen LogP contribution in [0.15, 0.2) is 79.0 Å². The highest BCUT2D eigenvalue weighted by Crippen LogP contribution is 2.37. The Morgan fingerprint density at radius 3 is 2.40 bits per heavy atom. The zero-order chi connectivity index (χ0) is 21.3. The zero-order valence-electron chi connectivity index (χ0n) is 16.2. The molecule has 152 valence electrons. The van der Waals surface area contributed by atoms with Crippen LogP contribution in [0.4, 0.5) is 18.9 Å². The molecule has 6 heteroatoms. The Labute approximate surface area is 171 Å². The van der Waals surface area contributed by atoms with Gasteiger partial charge in [-0.15, -0.1) is 0 Å². The van der Waals surface area contributed by atoms with E-state index in [1.54, 1.807) is 24.4 Å². The molecule has 0 saturated heterocycles. The zero-order valence-corrected chi connectivity index (χ0v) is 16.2. The summed E-state index contributed by atoms with van der Waals surface area (Å²) in [5, 5.41) is 3.47. The molecule has 0 bridgehead atoms. The maximum atomic E-state index is 13.5. The predicted molar refractivity (Wildman–Crippen MR) is 112 cm³/mol. The van der Waals surface area contributed by atoms with Crippen molar-refractivity contribution in [1.82, 2.24) is 4.57 Å². The fourth-order valence-electron chi connectivity index (χ4n) is 3.58. The van der Waals surface area contributed by atoms with Gasteiger partial charge in [-0.05, 0) is 35.4 Å². The van der Waals surface area contributed by atoms with Gasteiger partial charge in [-0.2, -0.15) is 13.2 Å². The van der Waals surface area contributed by atoms with Crippen molar-refractivity contribution in [2.24, 2.45) is 7.05 Å². The Balaban J connectivity index is 1.73. The summed E-state index contributed by atoms with van der Waals surface area (Å²) in [5.74, 6) is -0.371. The predicted octanol–water partition coefficient (Wildman–Crippen LogP) is 6.05. The highest BCUT2D eigenvalue weighted by Gasteiger charge is 2.31. The number of aryl methyl sites for hydroxylation is 1. The Bertz CT molecular complexity index is 1210. The summed E-state index contributed by atoms with van der Waals surface area (Å²) in [4.78, 5) is 12.4. The van der Waals surface area contributed by atoms with Gasteiger partial charge in [0.1, 0.15) is 0 Å². The van der Waals surface area contributed by atoms with E-state index >= 15 is 0 Å². The number of nitrogens with zero attached hydrogens (tertiary/aromatic N) is 1. The molecule has 0 radical (unpaired) electrons. The number of para-hydroxylation sites is 1. The lowest BCUT2D eigenvalue weighted by atomic mass is 10.0. The number of fused-ring (bicyclic) bond motifs is 1. The normalized spacial score (nSPS) is 11.6. The molecule has 3 nitrogen and oxygen atoms in total. The molecule has 0 spiro atoms. The van der Waals surface area contributed by atoms with E-state index in [1.165, 1.54) is 0 Å².